The number of amides is 1. The fourth-order valence-corrected chi connectivity index (χ4v) is 3.65. The molecule has 0 radical (unpaired) electrons. The molecule has 0 saturated heterocycles. The number of nitrogens with one attached hydrogen (secondary N) is 1. The summed E-state index contributed by atoms with van der Waals surface area (Å²) in [7, 11) is 0. The highest BCUT2D eigenvalue weighted by Gasteiger charge is 2.14. The van der Waals surface area contributed by atoms with Gasteiger partial charge in [0.1, 0.15) is 5.58 Å². The van der Waals surface area contributed by atoms with Crippen LogP contribution in [0.4, 0.5) is 5.69 Å². The van der Waals surface area contributed by atoms with Crippen LogP contribution in [0.1, 0.15) is 21.7 Å². The van der Waals surface area contributed by atoms with Gasteiger partial charge < -0.3 is 4.42 Å². The van der Waals surface area contributed by atoms with Crippen molar-refractivity contribution >= 4 is 60.6 Å². The number of nitro benzene ring substituents is 1. The summed E-state index contributed by atoms with van der Waals surface area (Å²) in [5, 5.41) is 15.5. The predicted octanol–water partition coefficient (Wildman–Crippen LogP) is 4.94. The Kier molecular flexibility index (Phi) is 5.19. The van der Waals surface area contributed by atoms with Crippen molar-refractivity contribution in [1.82, 2.24) is 5.43 Å². The third-order valence-corrected chi connectivity index (χ3v) is 4.62. The molecule has 0 aliphatic rings. The van der Waals surface area contributed by atoms with Crippen molar-refractivity contribution in [3.63, 3.8) is 0 Å². The minimum Gasteiger partial charge on any atom is -0.450 e. The van der Waals surface area contributed by atoms with E-state index in [0.29, 0.717) is 16.7 Å². The number of carbonyl (C=O) groups is 1. The molecule has 0 saturated carbocycles. The second-order valence-electron chi connectivity index (χ2n) is 5.42. The van der Waals surface area contributed by atoms with Crippen LogP contribution in [-0.4, -0.2) is 17.0 Å². The van der Waals surface area contributed by atoms with E-state index in [1.807, 2.05) is 12.1 Å². The number of rotatable bonds is 4. The molecule has 0 spiro atoms. The molecule has 3 aromatic rings. The summed E-state index contributed by atoms with van der Waals surface area (Å²) >= 11 is 6.75. The minimum absolute atomic E-state index is 0.00649. The Balaban J connectivity index is 1.77. The van der Waals surface area contributed by atoms with Gasteiger partial charge in [-0.3, -0.25) is 14.9 Å². The number of aryl methyl sites for hydroxylation is 1. The second kappa shape index (κ2) is 7.38. The van der Waals surface area contributed by atoms with Crippen LogP contribution in [0.2, 0.25) is 0 Å². The molecule has 1 aromatic heterocycles. The van der Waals surface area contributed by atoms with Crippen LogP contribution in [0.15, 0.2) is 54.9 Å². The molecule has 0 bridgehead atoms. The SMILES string of the molecule is Cc1ccc(/C=N\NC(=O)c2cc3cc(Br)cc(Br)c3o2)cc1[N+](=O)[O-]. The number of furan rings is 1. The van der Waals surface area contributed by atoms with E-state index < -0.39 is 10.8 Å². The molecule has 1 N–H and O–H groups in total. The molecule has 26 heavy (non-hydrogen) atoms. The quantitative estimate of drug-likeness (QED) is 0.325. The maximum atomic E-state index is 12.2. The molecule has 132 valence electrons. The monoisotopic (exact) mass is 479 g/mol. The highest BCUT2D eigenvalue weighted by atomic mass is 79.9. The lowest BCUT2D eigenvalue weighted by Gasteiger charge is -1.99. The van der Waals surface area contributed by atoms with E-state index in [0.717, 1.165) is 14.3 Å². The largest absolute Gasteiger partial charge is 0.450 e. The number of carbonyl (C=O) groups excluding carboxylic acids is 1. The number of hydrazone groups is 1. The second-order valence-corrected chi connectivity index (χ2v) is 7.19. The molecule has 0 unspecified atom stereocenters. The molecular weight excluding hydrogens is 470 g/mol. The minimum atomic E-state index is -0.526. The lowest BCUT2D eigenvalue weighted by Crippen LogP contribution is -2.16. The average molecular weight is 481 g/mol. The molecule has 9 heteroatoms. The fourth-order valence-electron chi connectivity index (χ4n) is 2.31. The van der Waals surface area contributed by atoms with Gasteiger partial charge in [-0.15, -0.1) is 0 Å². The Morgan fingerprint density at radius 1 is 1.27 bits per heavy atom. The average Bonchev–Trinajstić information content (AvgIpc) is 3.00. The Morgan fingerprint density at radius 3 is 2.77 bits per heavy atom. The van der Waals surface area contributed by atoms with Crippen molar-refractivity contribution in [3.05, 3.63) is 72.3 Å². The number of hydrogen-bond acceptors (Lipinski definition) is 5. The first kappa shape index (κ1) is 18.3. The van der Waals surface area contributed by atoms with Gasteiger partial charge in [0.2, 0.25) is 0 Å². The highest BCUT2D eigenvalue weighted by Crippen LogP contribution is 2.30. The maximum Gasteiger partial charge on any atom is 0.307 e. The van der Waals surface area contributed by atoms with Crippen LogP contribution >= 0.6 is 31.9 Å². The van der Waals surface area contributed by atoms with Crippen LogP contribution in [0.5, 0.6) is 0 Å². The third-order valence-electron chi connectivity index (χ3n) is 3.57. The van der Waals surface area contributed by atoms with Crippen molar-refractivity contribution in [3.8, 4) is 0 Å². The van der Waals surface area contributed by atoms with Gasteiger partial charge in [-0.05, 0) is 41.1 Å². The van der Waals surface area contributed by atoms with Crippen molar-refractivity contribution in [1.29, 1.82) is 0 Å². The Hall–Kier alpha value is -2.52. The lowest BCUT2D eigenvalue weighted by molar-refractivity contribution is -0.385. The summed E-state index contributed by atoms with van der Waals surface area (Å²) in [5.74, 6) is -0.423. The molecule has 3 rings (SSSR count). The van der Waals surface area contributed by atoms with E-state index in [2.05, 4.69) is 42.4 Å². The fraction of sp³-hybridized carbons (Fsp3) is 0.0588. The number of fused-ring (bicyclic) bond motifs is 1. The zero-order chi connectivity index (χ0) is 18.8. The van der Waals surface area contributed by atoms with Gasteiger partial charge in [0.05, 0.1) is 15.6 Å². The smallest absolute Gasteiger partial charge is 0.307 e. The molecule has 0 fully saturated rings. The highest BCUT2D eigenvalue weighted by molar-refractivity contribution is 9.11. The van der Waals surface area contributed by atoms with Crippen LogP contribution in [0, 0.1) is 17.0 Å². The van der Waals surface area contributed by atoms with Crippen LogP contribution in [0.3, 0.4) is 0 Å². The summed E-state index contributed by atoms with van der Waals surface area (Å²) < 4.78 is 7.11. The van der Waals surface area contributed by atoms with E-state index >= 15 is 0 Å². The Morgan fingerprint density at radius 2 is 2.04 bits per heavy atom. The molecule has 0 aliphatic heterocycles. The topological polar surface area (TPSA) is 97.7 Å². The zero-order valence-electron chi connectivity index (χ0n) is 13.3. The standard InChI is InChI=1S/C17H11Br2N3O4/c1-9-2-3-10(4-14(9)22(24)25)8-20-21-17(23)15-6-11-5-12(18)7-13(19)16(11)26-15/h2-8H,1H3,(H,21,23)/b20-8-. The molecule has 2 aromatic carbocycles. The van der Waals surface area contributed by atoms with Crippen LogP contribution < -0.4 is 5.43 Å². The number of halogens is 2. The number of nitrogens with zero attached hydrogens (tertiary/aromatic N) is 2. The maximum absolute atomic E-state index is 12.2. The normalized spacial score (nSPS) is 11.2. The van der Waals surface area contributed by atoms with Gasteiger partial charge in [-0.1, -0.05) is 28.1 Å². The Labute approximate surface area is 164 Å². The van der Waals surface area contributed by atoms with Crippen molar-refractivity contribution in [2.75, 3.05) is 0 Å². The summed E-state index contributed by atoms with van der Waals surface area (Å²) in [4.78, 5) is 22.7. The van der Waals surface area contributed by atoms with Crippen LogP contribution in [-0.2, 0) is 0 Å². The molecule has 0 atom stereocenters. The number of benzene rings is 2. The molecule has 1 amide bonds. The summed E-state index contributed by atoms with van der Waals surface area (Å²) in [6.45, 7) is 1.65. The first-order valence-corrected chi connectivity index (χ1v) is 8.91. The van der Waals surface area contributed by atoms with Gasteiger partial charge in [0.25, 0.3) is 5.69 Å². The van der Waals surface area contributed by atoms with E-state index in [9.17, 15) is 14.9 Å². The van der Waals surface area contributed by atoms with Gasteiger partial charge in [0.15, 0.2) is 5.76 Å². The van der Waals surface area contributed by atoms with E-state index in [1.54, 1.807) is 25.1 Å². The first-order valence-electron chi connectivity index (χ1n) is 7.32. The van der Waals surface area contributed by atoms with Gasteiger partial charge in [-0.2, -0.15) is 5.10 Å². The van der Waals surface area contributed by atoms with Crippen molar-refractivity contribution in [2.45, 2.75) is 6.92 Å². The molecule has 0 aliphatic carbocycles. The van der Waals surface area contributed by atoms with Gasteiger partial charge >= 0.3 is 5.91 Å². The lowest BCUT2D eigenvalue weighted by atomic mass is 10.1. The summed E-state index contributed by atoms with van der Waals surface area (Å²) in [6.07, 6.45) is 1.33. The first-order chi connectivity index (χ1) is 12.3. The molecular formula is C17H11Br2N3O4. The van der Waals surface area contributed by atoms with Crippen molar-refractivity contribution < 1.29 is 14.1 Å². The van der Waals surface area contributed by atoms with Crippen LogP contribution in [0.25, 0.3) is 11.0 Å². The van der Waals surface area contributed by atoms with Gasteiger partial charge in [0, 0.05) is 27.1 Å². The predicted molar refractivity (Wildman–Crippen MR) is 105 cm³/mol. The number of hydrogen-bond donors (Lipinski definition) is 1. The van der Waals surface area contributed by atoms with E-state index in [-0.39, 0.29) is 11.4 Å². The van der Waals surface area contributed by atoms with Gasteiger partial charge in [-0.25, -0.2) is 5.43 Å². The van der Waals surface area contributed by atoms with Crippen molar-refractivity contribution in [2.24, 2.45) is 5.10 Å². The number of nitro groups is 1. The Bertz CT molecular complexity index is 1060. The molecule has 1 heterocycles. The molecule has 7 nitrogen and oxygen atoms in total. The van der Waals surface area contributed by atoms with E-state index in [4.69, 9.17) is 4.42 Å². The van der Waals surface area contributed by atoms with E-state index in [1.165, 1.54) is 12.3 Å². The third kappa shape index (κ3) is 3.83. The summed E-state index contributed by atoms with van der Waals surface area (Å²) in [6, 6.07) is 9.93. The summed E-state index contributed by atoms with van der Waals surface area (Å²) in [5.41, 5.74) is 3.94. The zero-order valence-corrected chi connectivity index (χ0v) is 16.5.